The van der Waals surface area contributed by atoms with Gasteiger partial charge in [-0.1, -0.05) is 28.1 Å². The van der Waals surface area contributed by atoms with Gasteiger partial charge in [0.25, 0.3) is 5.91 Å². The molecule has 10 heteroatoms. The maximum absolute atomic E-state index is 11.7. The van der Waals surface area contributed by atoms with Gasteiger partial charge in [-0.3, -0.25) is 14.9 Å². The third-order valence-corrected chi connectivity index (χ3v) is 4.15. The molecule has 0 atom stereocenters. The van der Waals surface area contributed by atoms with Crippen molar-refractivity contribution >= 4 is 56.3 Å². The molecule has 2 rings (SSSR count). The lowest BCUT2D eigenvalue weighted by molar-refractivity contribution is -0.385. The highest BCUT2D eigenvalue weighted by Crippen LogP contribution is 2.27. The van der Waals surface area contributed by atoms with Crippen LogP contribution in [0.1, 0.15) is 5.56 Å². The van der Waals surface area contributed by atoms with Crippen molar-refractivity contribution in [3.63, 3.8) is 0 Å². The van der Waals surface area contributed by atoms with E-state index in [-0.39, 0.29) is 17.2 Å². The lowest BCUT2D eigenvalue weighted by Gasteiger charge is -2.05. The summed E-state index contributed by atoms with van der Waals surface area (Å²) < 4.78 is 6.52. The summed E-state index contributed by atoms with van der Waals surface area (Å²) in [6.45, 7) is -0.440. The predicted octanol–water partition coefficient (Wildman–Crippen LogP) is 3.20. The Balaban J connectivity index is 1.95. The average molecular weight is 520 g/mol. The number of hydrogen-bond acceptors (Lipinski definition) is 6. The monoisotopic (exact) mass is 519 g/mol. The molecule has 0 aliphatic carbocycles. The Morgan fingerprint density at radius 1 is 1.44 bits per heavy atom. The Hall–Kier alpha value is -2.21. The Morgan fingerprint density at radius 3 is 2.88 bits per heavy atom. The number of aromatic hydroxyl groups is 1. The van der Waals surface area contributed by atoms with E-state index in [0.29, 0.717) is 9.13 Å². The number of nitro benzene ring substituents is 1. The Kier molecular flexibility index (Phi) is 6.70. The summed E-state index contributed by atoms with van der Waals surface area (Å²) in [5, 5.41) is 24.5. The van der Waals surface area contributed by atoms with Crippen molar-refractivity contribution < 1.29 is 19.6 Å². The van der Waals surface area contributed by atoms with Crippen molar-refractivity contribution in [3.05, 3.63) is 60.1 Å². The molecule has 0 aliphatic heterocycles. The highest BCUT2D eigenvalue weighted by molar-refractivity contribution is 14.1. The molecule has 0 aliphatic rings. The zero-order valence-electron chi connectivity index (χ0n) is 12.5. The minimum absolute atomic E-state index is 0.00850. The van der Waals surface area contributed by atoms with Gasteiger partial charge in [-0.15, -0.1) is 0 Å². The van der Waals surface area contributed by atoms with Gasteiger partial charge in [0.1, 0.15) is 5.75 Å². The number of para-hydroxylation sites is 2. The van der Waals surface area contributed by atoms with Crippen LogP contribution in [-0.4, -0.2) is 28.8 Å². The Morgan fingerprint density at radius 2 is 2.16 bits per heavy atom. The van der Waals surface area contributed by atoms with E-state index >= 15 is 0 Å². The predicted molar refractivity (Wildman–Crippen MR) is 103 cm³/mol. The number of ether oxygens (including phenoxy) is 1. The Bertz CT molecular complexity index is 844. The van der Waals surface area contributed by atoms with Crippen LogP contribution in [0.2, 0.25) is 0 Å². The number of nitro groups is 1. The van der Waals surface area contributed by atoms with Crippen LogP contribution in [0, 0.1) is 13.7 Å². The van der Waals surface area contributed by atoms with Crippen molar-refractivity contribution in [2.24, 2.45) is 5.10 Å². The lowest BCUT2D eigenvalue weighted by Crippen LogP contribution is -2.24. The smallest absolute Gasteiger partial charge is 0.310 e. The van der Waals surface area contributed by atoms with Crippen molar-refractivity contribution in [1.29, 1.82) is 0 Å². The fourth-order valence-electron chi connectivity index (χ4n) is 1.76. The summed E-state index contributed by atoms with van der Waals surface area (Å²) >= 11 is 5.26. The van der Waals surface area contributed by atoms with Crippen molar-refractivity contribution in [2.45, 2.75) is 0 Å². The van der Waals surface area contributed by atoms with Crippen molar-refractivity contribution in [1.82, 2.24) is 5.43 Å². The van der Waals surface area contributed by atoms with Crippen LogP contribution in [0.3, 0.4) is 0 Å². The normalized spacial score (nSPS) is 10.6. The number of hydrazone groups is 1. The molecule has 0 radical (unpaired) electrons. The van der Waals surface area contributed by atoms with E-state index in [9.17, 15) is 20.0 Å². The fourth-order valence-corrected chi connectivity index (χ4v) is 3.31. The van der Waals surface area contributed by atoms with E-state index in [1.165, 1.54) is 24.4 Å². The second kappa shape index (κ2) is 8.76. The number of benzene rings is 2. The molecule has 2 aromatic rings. The summed E-state index contributed by atoms with van der Waals surface area (Å²) in [5.74, 6) is -0.567. The van der Waals surface area contributed by atoms with Crippen molar-refractivity contribution in [3.8, 4) is 11.5 Å². The molecule has 0 unspecified atom stereocenters. The van der Waals surface area contributed by atoms with Gasteiger partial charge in [-0.2, -0.15) is 5.10 Å². The van der Waals surface area contributed by atoms with Crippen LogP contribution >= 0.6 is 38.5 Å². The molecule has 25 heavy (non-hydrogen) atoms. The molecule has 0 bridgehead atoms. The highest BCUT2D eigenvalue weighted by atomic mass is 127. The molecule has 8 nitrogen and oxygen atoms in total. The first-order valence-corrected chi connectivity index (χ1v) is 8.62. The quantitative estimate of drug-likeness (QED) is 0.263. The van der Waals surface area contributed by atoms with Crippen LogP contribution in [0.15, 0.2) is 46.0 Å². The average Bonchev–Trinajstić information content (AvgIpc) is 2.57. The number of phenols is 1. The highest BCUT2D eigenvalue weighted by Gasteiger charge is 2.14. The number of hydrogen-bond donors (Lipinski definition) is 2. The van der Waals surface area contributed by atoms with Gasteiger partial charge in [-0.05, 0) is 40.8 Å². The zero-order chi connectivity index (χ0) is 18.4. The van der Waals surface area contributed by atoms with E-state index in [1.807, 2.05) is 22.6 Å². The molecule has 0 fully saturated rings. The standard InChI is InChI=1S/C15H11BrIN3O5/c16-10-5-9(15(22)11(17)6-10)7-18-19-14(21)8-25-13-4-2-1-3-12(13)20(23)24/h1-7,22H,8H2,(H,19,21). The number of rotatable bonds is 6. The second-order valence-corrected chi connectivity index (χ2v) is 6.71. The van der Waals surface area contributed by atoms with Crippen LogP contribution in [0.4, 0.5) is 5.69 Å². The molecule has 0 saturated heterocycles. The second-order valence-electron chi connectivity index (χ2n) is 4.63. The summed E-state index contributed by atoms with van der Waals surface area (Å²) in [6.07, 6.45) is 1.28. The number of amides is 1. The molecule has 2 N–H and O–H groups in total. The third kappa shape index (κ3) is 5.39. The van der Waals surface area contributed by atoms with Gasteiger partial charge >= 0.3 is 5.69 Å². The first kappa shape index (κ1) is 19.1. The van der Waals surface area contributed by atoms with E-state index in [1.54, 1.807) is 18.2 Å². The minimum Gasteiger partial charge on any atom is -0.506 e. The van der Waals surface area contributed by atoms with Crippen LogP contribution in [-0.2, 0) is 4.79 Å². The largest absolute Gasteiger partial charge is 0.506 e. The molecular weight excluding hydrogens is 509 g/mol. The number of nitrogens with zero attached hydrogens (tertiary/aromatic N) is 2. The molecule has 2 aromatic carbocycles. The molecule has 130 valence electrons. The number of halogens is 2. The minimum atomic E-state index is -0.599. The number of phenolic OH excluding ortho intramolecular Hbond substituents is 1. The van der Waals surface area contributed by atoms with Gasteiger partial charge in [0.05, 0.1) is 14.7 Å². The van der Waals surface area contributed by atoms with Gasteiger partial charge in [-0.25, -0.2) is 5.43 Å². The van der Waals surface area contributed by atoms with E-state index in [4.69, 9.17) is 4.74 Å². The van der Waals surface area contributed by atoms with Gasteiger partial charge in [0.15, 0.2) is 12.4 Å². The summed E-state index contributed by atoms with van der Waals surface area (Å²) in [4.78, 5) is 22.0. The molecule has 0 heterocycles. The zero-order valence-corrected chi connectivity index (χ0v) is 16.2. The third-order valence-electron chi connectivity index (χ3n) is 2.87. The molecule has 1 amide bonds. The van der Waals surface area contributed by atoms with Crippen LogP contribution in [0.25, 0.3) is 0 Å². The number of carbonyl (C=O) groups is 1. The Labute approximate surface area is 164 Å². The van der Waals surface area contributed by atoms with E-state index in [2.05, 4.69) is 26.5 Å². The first-order valence-electron chi connectivity index (χ1n) is 6.74. The van der Waals surface area contributed by atoms with Gasteiger partial charge < -0.3 is 9.84 Å². The van der Waals surface area contributed by atoms with Crippen molar-refractivity contribution in [2.75, 3.05) is 6.61 Å². The summed E-state index contributed by atoms with van der Waals surface area (Å²) in [7, 11) is 0. The topological polar surface area (TPSA) is 114 Å². The van der Waals surface area contributed by atoms with E-state index in [0.717, 1.165) is 4.47 Å². The van der Waals surface area contributed by atoms with Gasteiger partial charge in [0, 0.05) is 16.1 Å². The summed E-state index contributed by atoms with van der Waals surface area (Å²) in [6, 6.07) is 9.11. The number of nitrogens with one attached hydrogen (secondary N) is 1. The molecule has 0 saturated carbocycles. The molecule has 0 spiro atoms. The summed E-state index contributed by atoms with van der Waals surface area (Å²) in [5.41, 5.74) is 2.41. The first-order chi connectivity index (χ1) is 11.9. The van der Waals surface area contributed by atoms with Gasteiger partial charge in [0.2, 0.25) is 0 Å². The van der Waals surface area contributed by atoms with Crippen LogP contribution < -0.4 is 10.2 Å². The lowest BCUT2D eigenvalue weighted by atomic mass is 10.2. The maximum Gasteiger partial charge on any atom is 0.310 e. The van der Waals surface area contributed by atoms with Crippen LogP contribution in [0.5, 0.6) is 11.5 Å². The number of carbonyl (C=O) groups excluding carboxylic acids is 1. The molecule has 0 aromatic heterocycles. The van der Waals surface area contributed by atoms with E-state index < -0.39 is 17.4 Å². The molecular formula is C15H11BrIN3O5. The SMILES string of the molecule is O=C(COc1ccccc1[N+](=O)[O-])NN=Cc1cc(Br)cc(I)c1O. The maximum atomic E-state index is 11.7. The fraction of sp³-hybridized carbons (Fsp3) is 0.0667.